The van der Waals surface area contributed by atoms with Crippen LogP contribution >= 0.6 is 0 Å². The van der Waals surface area contributed by atoms with Crippen LogP contribution in [0.1, 0.15) is 0 Å². The fourth-order valence-corrected chi connectivity index (χ4v) is 3.84. The number of hydrogen-bond acceptors (Lipinski definition) is 4. The lowest BCUT2D eigenvalue weighted by molar-refractivity contribution is 0.619. The van der Waals surface area contributed by atoms with Crippen LogP contribution in [0, 0.1) is 0 Å². The average molecular weight is 362 g/mol. The zero-order valence-corrected chi connectivity index (χ0v) is 14.8. The summed E-state index contributed by atoms with van der Waals surface area (Å²) in [5.74, 6) is 0.681. The van der Waals surface area contributed by atoms with Crippen LogP contribution in [-0.4, -0.2) is 19.5 Å². The summed E-state index contributed by atoms with van der Waals surface area (Å²) in [7, 11) is 0. The van der Waals surface area contributed by atoms with E-state index in [4.69, 9.17) is 4.42 Å². The van der Waals surface area contributed by atoms with Crippen molar-refractivity contribution in [2.75, 3.05) is 0 Å². The Hall–Kier alpha value is -3.99. The van der Waals surface area contributed by atoms with Gasteiger partial charge in [-0.25, -0.2) is 9.97 Å². The molecule has 0 spiro atoms. The maximum Gasteiger partial charge on any atom is 0.159 e. The molecule has 0 amide bonds. The fraction of sp³-hybridized carbons (Fsp3) is 0. The molecule has 0 saturated heterocycles. The summed E-state index contributed by atoms with van der Waals surface area (Å²) in [6.07, 6.45) is 8.95. The van der Waals surface area contributed by atoms with Crippen molar-refractivity contribution in [2.45, 2.75) is 0 Å². The minimum Gasteiger partial charge on any atom is -0.464 e. The smallest absolute Gasteiger partial charge is 0.159 e. The zero-order valence-electron chi connectivity index (χ0n) is 14.8. The molecule has 6 rings (SSSR count). The molecule has 132 valence electrons. The van der Waals surface area contributed by atoms with Gasteiger partial charge in [0.15, 0.2) is 5.82 Å². The summed E-state index contributed by atoms with van der Waals surface area (Å²) in [4.78, 5) is 13.2. The van der Waals surface area contributed by atoms with Crippen LogP contribution in [0.3, 0.4) is 0 Å². The van der Waals surface area contributed by atoms with Gasteiger partial charge in [0.1, 0.15) is 5.58 Å². The molecule has 0 saturated carbocycles. The van der Waals surface area contributed by atoms with Gasteiger partial charge in [0.05, 0.1) is 40.8 Å². The number of benzene rings is 2. The van der Waals surface area contributed by atoms with Crippen LogP contribution in [-0.2, 0) is 0 Å². The largest absolute Gasteiger partial charge is 0.464 e. The van der Waals surface area contributed by atoms with Crippen LogP contribution in [0.5, 0.6) is 0 Å². The van der Waals surface area contributed by atoms with E-state index in [0.29, 0.717) is 5.82 Å². The van der Waals surface area contributed by atoms with E-state index in [1.807, 2.05) is 36.7 Å². The number of furan rings is 1. The summed E-state index contributed by atoms with van der Waals surface area (Å²) in [5, 5.41) is 3.35. The predicted octanol–water partition coefficient (Wildman–Crippen LogP) is 5.38. The molecular formula is C23H14N4O. The molecule has 0 bridgehead atoms. The van der Waals surface area contributed by atoms with Gasteiger partial charge in [-0.1, -0.05) is 18.2 Å². The van der Waals surface area contributed by atoms with Crippen molar-refractivity contribution in [1.82, 2.24) is 19.5 Å². The van der Waals surface area contributed by atoms with Crippen LogP contribution in [0.25, 0.3) is 49.9 Å². The summed E-state index contributed by atoms with van der Waals surface area (Å²) in [6.45, 7) is 0. The van der Waals surface area contributed by atoms with E-state index in [1.165, 1.54) is 0 Å². The van der Waals surface area contributed by atoms with Gasteiger partial charge in [-0.2, -0.15) is 0 Å². The van der Waals surface area contributed by atoms with E-state index in [9.17, 15) is 0 Å². The van der Waals surface area contributed by atoms with E-state index in [2.05, 4.69) is 49.9 Å². The highest BCUT2D eigenvalue weighted by Crippen LogP contribution is 2.36. The van der Waals surface area contributed by atoms with Crippen LogP contribution < -0.4 is 0 Å². The lowest BCUT2D eigenvalue weighted by atomic mass is 10.1. The minimum absolute atomic E-state index is 0.681. The number of pyridine rings is 1. The molecule has 0 unspecified atom stereocenters. The van der Waals surface area contributed by atoms with Crippen molar-refractivity contribution in [3.8, 4) is 17.1 Å². The zero-order chi connectivity index (χ0) is 18.5. The molecule has 0 aliphatic carbocycles. The number of nitrogens with zero attached hydrogens (tertiary/aromatic N) is 4. The fourth-order valence-electron chi connectivity index (χ4n) is 3.84. The van der Waals surface area contributed by atoms with Gasteiger partial charge in [0.25, 0.3) is 0 Å². The van der Waals surface area contributed by atoms with Gasteiger partial charge in [-0.05, 0) is 36.4 Å². The van der Waals surface area contributed by atoms with Crippen molar-refractivity contribution in [2.24, 2.45) is 0 Å². The van der Waals surface area contributed by atoms with E-state index in [-0.39, 0.29) is 0 Å². The van der Waals surface area contributed by atoms with E-state index < -0.39 is 0 Å². The molecule has 4 heterocycles. The third kappa shape index (κ3) is 2.10. The Morgan fingerprint density at radius 1 is 0.786 bits per heavy atom. The molecule has 5 nitrogen and oxygen atoms in total. The van der Waals surface area contributed by atoms with Crippen molar-refractivity contribution < 1.29 is 4.42 Å². The van der Waals surface area contributed by atoms with Crippen molar-refractivity contribution >= 4 is 32.8 Å². The first-order valence-corrected chi connectivity index (χ1v) is 9.02. The molecule has 2 aromatic carbocycles. The Labute approximate surface area is 159 Å². The molecule has 0 aliphatic rings. The molecule has 6 aromatic rings. The third-order valence-electron chi connectivity index (χ3n) is 5.09. The molecule has 0 radical (unpaired) electrons. The Balaban J connectivity index is 1.63. The molecule has 0 fully saturated rings. The van der Waals surface area contributed by atoms with Crippen molar-refractivity contribution in [3.05, 3.63) is 85.6 Å². The maximum absolute atomic E-state index is 5.81. The van der Waals surface area contributed by atoms with E-state index in [1.54, 1.807) is 18.7 Å². The highest BCUT2D eigenvalue weighted by molar-refractivity contribution is 6.19. The van der Waals surface area contributed by atoms with Gasteiger partial charge in [0, 0.05) is 28.7 Å². The predicted molar refractivity (Wildman–Crippen MR) is 109 cm³/mol. The Kier molecular flexibility index (Phi) is 3.10. The van der Waals surface area contributed by atoms with Crippen molar-refractivity contribution in [3.63, 3.8) is 0 Å². The van der Waals surface area contributed by atoms with Crippen molar-refractivity contribution in [1.29, 1.82) is 0 Å². The number of rotatable bonds is 2. The van der Waals surface area contributed by atoms with Gasteiger partial charge >= 0.3 is 0 Å². The maximum atomic E-state index is 5.81. The highest BCUT2D eigenvalue weighted by Gasteiger charge is 2.16. The minimum atomic E-state index is 0.681. The first-order chi connectivity index (χ1) is 13.9. The first-order valence-electron chi connectivity index (χ1n) is 9.02. The van der Waals surface area contributed by atoms with Crippen LogP contribution in [0.2, 0.25) is 0 Å². The number of fused-ring (bicyclic) bond motifs is 5. The standard InChI is InChI=1S/C23H14N4O/c1-2-4-19-18(3-1)21-20(6-5-15-9-12-28-22(15)21)27(19)17-13-25-23(26-14-17)16-7-10-24-11-8-16/h1-14H. The monoisotopic (exact) mass is 362 g/mol. The quantitative estimate of drug-likeness (QED) is 0.415. The van der Waals surface area contributed by atoms with Gasteiger partial charge in [-0.15, -0.1) is 0 Å². The topological polar surface area (TPSA) is 56.7 Å². The SMILES string of the molecule is c1ccc2c(c1)c1c3occc3ccc1n2-c1cnc(-c2ccncc2)nc1. The first kappa shape index (κ1) is 15.1. The molecule has 0 N–H and O–H groups in total. The summed E-state index contributed by atoms with van der Waals surface area (Å²) >= 11 is 0. The number of aromatic nitrogens is 4. The van der Waals surface area contributed by atoms with Gasteiger partial charge in [0.2, 0.25) is 0 Å². The second-order valence-electron chi connectivity index (χ2n) is 6.65. The number of para-hydroxylation sites is 1. The summed E-state index contributed by atoms with van der Waals surface area (Å²) in [5.41, 5.74) is 4.93. The molecule has 28 heavy (non-hydrogen) atoms. The highest BCUT2D eigenvalue weighted by atomic mass is 16.3. The Morgan fingerprint density at radius 2 is 1.61 bits per heavy atom. The van der Waals surface area contributed by atoms with Gasteiger partial charge in [-0.3, -0.25) is 4.98 Å². The van der Waals surface area contributed by atoms with Gasteiger partial charge < -0.3 is 8.98 Å². The lowest BCUT2D eigenvalue weighted by Gasteiger charge is -2.08. The molecule has 0 atom stereocenters. The Bertz CT molecular complexity index is 1450. The van der Waals surface area contributed by atoms with Crippen LogP contribution in [0.15, 0.2) is 90.1 Å². The van der Waals surface area contributed by atoms with E-state index in [0.717, 1.165) is 44.0 Å². The summed E-state index contributed by atoms with van der Waals surface area (Å²) < 4.78 is 8.00. The molecule has 4 aromatic heterocycles. The van der Waals surface area contributed by atoms with E-state index >= 15 is 0 Å². The molecule has 0 aliphatic heterocycles. The normalized spacial score (nSPS) is 11.6. The second-order valence-corrected chi connectivity index (χ2v) is 6.65. The average Bonchev–Trinajstić information content (AvgIpc) is 3.36. The lowest BCUT2D eigenvalue weighted by Crippen LogP contribution is -1.97. The number of hydrogen-bond donors (Lipinski definition) is 0. The Morgan fingerprint density at radius 3 is 2.46 bits per heavy atom. The van der Waals surface area contributed by atoms with Crippen LogP contribution in [0.4, 0.5) is 0 Å². The third-order valence-corrected chi connectivity index (χ3v) is 5.09. The summed E-state index contributed by atoms with van der Waals surface area (Å²) in [6, 6.07) is 18.4. The molecular weight excluding hydrogens is 348 g/mol. The second kappa shape index (κ2) is 5.76. The molecule has 5 heteroatoms.